The monoisotopic (exact) mass is 298 g/mol. The van der Waals surface area contributed by atoms with Gasteiger partial charge in [0.1, 0.15) is 4.21 Å². The minimum atomic E-state index is -3.67. The highest BCUT2D eigenvalue weighted by Gasteiger charge is 2.22. The van der Waals surface area contributed by atoms with E-state index < -0.39 is 16.1 Å². The first-order chi connectivity index (χ1) is 9.03. The molecule has 0 amide bonds. The Labute approximate surface area is 115 Å². The molecular weight excluding hydrogens is 284 g/mol. The molecule has 0 aliphatic carbocycles. The molecule has 2 aromatic rings. The zero-order valence-electron chi connectivity index (χ0n) is 9.98. The third kappa shape index (κ3) is 3.32. The van der Waals surface area contributed by atoms with Crippen LogP contribution in [0.2, 0.25) is 0 Å². The third-order valence-corrected chi connectivity index (χ3v) is 5.47. The van der Waals surface area contributed by atoms with E-state index in [4.69, 9.17) is 5.73 Å². The van der Waals surface area contributed by atoms with Gasteiger partial charge in [-0.25, -0.2) is 13.1 Å². The quantitative estimate of drug-likeness (QED) is 0.776. The Morgan fingerprint density at radius 3 is 2.53 bits per heavy atom. The molecule has 0 spiro atoms. The Kier molecular flexibility index (Phi) is 4.20. The molecule has 102 valence electrons. The van der Waals surface area contributed by atoms with Crippen molar-refractivity contribution >= 4 is 27.0 Å². The lowest BCUT2D eigenvalue weighted by Crippen LogP contribution is -2.30. The normalized spacial score (nSPS) is 13.3. The summed E-state index contributed by atoms with van der Waals surface area (Å²) in [7, 11) is -3.67. The van der Waals surface area contributed by atoms with Gasteiger partial charge in [-0.1, -0.05) is 30.3 Å². The van der Waals surface area contributed by atoms with Crippen molar-refractivity contribution in [1.82, 2.24) is 4.72 Å². The van der Waals surface area contributed by atoms with Crippen molar-refractivity contribution in [2.45, 2.75) is 10.3 Å². The number of rotatable bonds is 5. The van der Waals surface area contributed by atoms with Crippen LogP contribution in [-0.4, -0.2) is 20.1 Å². The van der Waals surface area contributed by atoms with Gasteiger partial charge in [-0.15, -0.1) is 11.3 Å². The fourth-order valence-electron chi connectivity index (χ4n) is 1.61. The van der Waals surface area contributed by atoms with Crippen LogP contribution in [0.1, 0.15) is 11.6 Å². The number of anilines is 1. The molecule has 2 rings (SSSR count). The maximum absolute atomic E-state index is 12.1. The van der Waals surface area contributed by atoms with Gasteiger partial charge >= 0.3 is 0 Å². The largest absolute Gasteiger partial charge is 0.398 e. The highest BCUT2D eigenvalue weighted by molar-refractivity contribution is 7.91. The molecule has 1 aromatic carbocycles. The molecule has 4 N–H and O–H groups in total. The smallest absolute Gasteiger partial charge is 0.250 e. The second-order valence-electron chi connectivity index (χ2n) is 3.97. The minimum Gasteiger partial charge on any atom is -0.398 e. The summed E-state index contributed by atoms with van der Waals surface area (Å²) in [4.78, 5) is 0. The predicted octanol–water partition coefficient (Wildman–Crippen LogP) is 1.34. The van der Waals surface area contributed by atoms with E-state index in [1.807, 2.05) is 6.07 Å². The molecule has 1 aromatic heterocycles. The maximum Gasteiger partial charge on any atom is 0.250 e. The zero-order chi connectivity index (χ0) is 13.9. The first-order valence-corrected chi connectivity index (χ1v) is 7.91. The summed E-state index contributed by atoms with van der Waals surface area (Å²) in [6.07, 6.45) is 0. The fraction of sp³-hybridized carbons (Fsp3) is 0.167. The van der Waals surface area contributed by atoms with Crippen LogP contribution in [0, 0.1) is 0 Å². The third-order valence-electron chi connectivity index (χ3n) is 2.54. The van der Waals surface area contributed by atoms with Gasteiger partial charge in [-0.3, -0.25) is 0 Å². The SMILES string of the molecule is Nc1csc(S(=O)(=O)N[C@H](CO)c2ccccc2)c1. The lowest BCUT2D eigenvalue weighted by Gasteiger charge is -2.16. The van der Waals surface area contributed by atoms with Gasteiger partial charge in [0.05, 0.1) is 12.6 Å². The molecule has 7 heteroatoms. The summed E-state index contributed by atoms with van der Waals surface area (Å²) in [5.74, 6) is 0. The standard InChI is InChI=1S/C12H14N2O3S2/c13-10-6-12(18-8-10)19(16,17)14-11(7-15)9-4-2-1-3-5-9/h1-6,8,11,14-15H,7,13H2/t11-/m1/s1. The van der Waals surface area contributed by atoms with Crippen LogP contribution < -0.4 is 10.5 Å². The zero-order valence-corrected chi connectivity index (χ0v) is 11.6. The maximum atomic E-state index is 12.1. The average molecular weight is 298 g/mol. The highest BCUT2D eigenvalue weighted by Crippen LogP contribution is 2.23. The lowest BCUT2D eigenvalue weighted by molar-refractivity contribution is 0.259. The van der Waals surface area contributed by atoms with Crippen LogP contribution in [0.5, 0.6) is 0 Å². The van der Waals surface area contributed by atoms with Crippen molar-refractivity contribution < 1.29 is 13.5 Å². The Morgan fingerprint density at radius 1 is 1.32 bits per heavy atom. The first-order valence-electron chi connectivity index (χ1n) is 5.55. The molecule has 19 heavy (non-hydrogen) atoms. The number of nitrogen functional groups attached to an aromatic ring is 1. The van der Waals surface area contributed by atoms with Crippen molar-refractivity contribution in [2.75, 3.05) is 12.3 Å². The van der Waals surface area contributed by atoms with Gasteiger partial charge in [-0.05, 0) is 11.6 Å². The molecule has 0 radical (unpaired) electrons. The van der Waals surface area contributed by atoms with E-state index in [2.05, 4.69) is 4.72 Å². The lowest BCUT2D eigenvalue weighted by atomic mass is 10.1. The van der Waals surface area contributed by atoms with E-state index in [9.17, 15) is 13.5 Å². The number of aliphatic hydroxyl groups is 1. The second-order valence-corrected chi connectivity index (χ2v) is 6.82. The summed E-state index contributed by atoms with van der Waals surface area (Å²) in [6.45, 7) is -0.315. The van der Waals surface area contributed by atoms with Crippen LogP contribution in [-0.2, 0) is 10.0 Å². The van der Waals surface area contributed by atoms with E-state index in [0.717, 1.165) is 11.3 Å². The van der Waals surface area contributed by atoms with E-state index in [0.29, 0.717) is 11.3 Å². The van der Waals surface area contributed by atoms with Crippen molar-refractivity contribution in [1.29, 1.82) is 0 Å². The average Bonchev–Trinajstić information content (AvgIpc) is 2.85. The van der Waals surface area contributed by atoms with Gasteiger partial charge in [0, 0.05) is 11.1 Å². The predicted molar refractivity (Wildman–Crippen MR) is 75.3 cm³/mol. The number of sulfonamides is 1. The number of hydrogen-bond donors (Lipinski definition) is 3. The van der Waals surface area contributed by atoms with Crippen molar-refractivity contribution in [2.24, 2.45) is 0 Å². The van der Waals surface area contributed by atoms with Crippen LogP contribution >= 0.6 is 11.3 Å². The van der Waals surface area contributed by atoms with Crippen LogP contribution in [0.25, 0.3) is 0 Å². The van der Waals surface area contributed by atoms with Crippen LogP contribution in [0.3, 0.4) is 0 Å². The van der Waals surface area contributed by atoms with Crippen molar-refractivity contribution in [3.8, 4) is 0 Å². The van der Waals surface area contributed by atoms with E-state index >= 15 is 0 Å². The van der Waals surface area contributed by atoms with Gasteiger partial charge < -0.3 is 10.8 Å². The summed E-state index contributed by atoms with van der Waals surface area (Å²) >= 11 is 1.05. The number of hydrogen-bond acceptors (Lipinski definition) is 5. The molecule has 0 aliphatic rings. The molecule has 1 heterocycles. The van der Waals surface area contributed by atoms with E-state index in [-0.39, 0.29) is 10.8 Å². The molecule has 0 fully saturated rings. The van der Waals surface area contributed by atoms with Gasteiger partial charge in [0.15, 0.2) is 0 Å². The van der Waals surface area contributed by atoms with Crippen molar-refractivity contribution in [3.63, 3.8) is 0 Å². The fourth-order valence-corrected chi connectivity index (χ4v) is 3.92. The van der Waals surface area contributed by atoms with Gasteiger partial charge in [-0.2, -0.15) is 0 Å². The van der Waals surface area contributed by atoms with Gasteiger partial charge in [0.2, 0.25) is 0 Å². The summed E-state index contributed by atoms with van der Waals surface area (Å²) in [6, 6.07) is 9.64. The van der Waals surface area contributed by atoms with Crippen molar-refractivity contribution in [3.05, 3.63) is 47.3 Å². The summed E-state index contributed by atoms with van der Waals surface area (Å²) in [5, 5.41) is 10.9. The topological polar surface area (TPSA) is 92.4 Å². The Hall–Kier alpha value is -1.41. The Morgan fingerprint density at radius 2 is 2.00 bits per heavy atom. The molecule has 0 aliphatic heterocycles. The number of nitrogens with two attached hydrogens (primary N) is 1. The van der Waals surface area contributed by atoms with Crippen LogP contribution in [0.4, 0.5) is 5.69 Å². The van der Waals surface area contributed by atoms with E-state index in [1.165, 1.54) is 6.07 Å². The molecular formula is C12H14N2O3S2. The molecule has 5 nitrogen and oxygen atoms in total. The molecule has 0 saturated carbocycles. The number of nitrogens with one attached hydrogen (secondary N) is 1. The summed E-state index contributed by atoms with van der Waals surface area (Å²) in [5.41, 5.74) is 6.63. The molecule has 0 saturated heterocycles. The second kappa shape index (κ2) is 5.70. The molecule has 0 bridgehead atoms. The highest BCUT2D eigenvalue weighted by atomic mass is 32.2. The molecule has 1 atom stereocenters. The number of aliphatic hydroxyl groups excluding tert-OH is 1. The number of benzene rings is 1. The Balaban J connectivity index is 2.23. The van der Waals surface area contributed by atoms with Gasteiger partial charge in [0.25, 0.3) is 10.0 Å². The Bertz CT molecular complexity index is 638. The first kappa shape index (κ1) is 14.0. The van der Waals surface area contributed by atoms with Crippen LogP contribution in [0.15, 0.2) is 46.0 Å². The van der Waals surface area contributed by atoms with E-state index in [1.54, 1.807) is 29.6 Å². The molecule has 0 unspecified atom stereocenters. The summed E-state index contributed by atoms with van der Waals surface area (Å²) < 4.78 is 26.8. The minimum absolute atomic E-state index is 0.138. The number of thiophene rings is 1.